The van der Waals surface area contributed by atoms with Crippen LogP contribution in [0.5, 0.6) is 11.5 Å². The van der Waals surface area contributed by atoms with Crippen LogP contribution < -0.4 is 20.1 Å². The lowest BCUT2D eigenvalue weighted by Gasteiger charge is -2.12. The minimum absolute atomic E-state index is 0.130. The minimum atomic E-state index is -0.268. The van der Waals surface area contributed by atoms with E-state index in [4.69, 9.17) is 9.47 Å². The van der Waals surface area contributed by atoms with Crippen molar-refractivity contribution >= 4 is 23.1 Å². The van der Waals surface area contributed by atoms with Crippen LogP contribution >= 0.6 is 0 Å². The highest BCUT2D eigenvalue weighted by atomic mass is 16.5. The van der Waals surface area contributed by atoms with Crippen LogP contribution in [0.15, 0.2) is 73.6 Å². The number of amides is 1. The lowest BCUT2D eigenvalue weighted by Crippen LogP contribution is -2.20. The van der Waals surface area contributed by atoms with Crippen molar-refractivity contribution in [2.45, 2.75) is 6.92 Å². The summed E-state index contributed by atoms with van der Waals surface area (Å²) in [6.45, 7) is 5.75. The molecular weight excluding hydrogens is 368 g/mol. The Morgan fingerprint density at radius 2 is 1.72 bits per heavy atom. The van der Waals surface area contributed by atoms with Crippen LogP contribution in [0.2, 0.25) is 0 Å². The number of carbonyl (C=O) groups is 1. The number of nitrogens with one attached hydrogen (secondary N) is 2. The summed E-state index contributed by atoms with van der Waals surface area (Å²) in [4.78, 5) is 20.4. The van der Waals surface area contributed by atoms with E-state index < -0.39 is 0 Å². The van der Waals surface area contributed by atoms with Gasteiger partial charge in [-0.15, -0.1) is 0 Å². The van der Waals surface area contributed by atoms with E-state index in [0.717, 1.165) is 11.4 Å². The van der Waals surface area contributed by atoms with Crippen molar-refractivity contribution in [2.75, 3.05) is 23.8 Å². The van der Waals surface area contributed by atoms with Crippen LogP contribution in [0, 0.1) is 6.92 Å². The zero-order valence-corrected chi connectivity index (χ0v) is 16.1. The highest BCUT2D eigenvalue weighted by Crippen LogP contribution is 2.26. The number of aryl methyl sites for hydroxylation is 1. The molecule has 1 aromatic heterocycles. The van der Waals surface area contributed by atoms with E-state index in [1.165, 1.54) is 6.33 Å². The SMILES string of the molecule is C=CCOc1ccccc1OCC(=O)Nc1ccc(Nc2cc(C)ncn2)cc1. The van der Waals surface area contributed by atoms with Gasteiger partial charge >= 0.3 is 0 Å². The molecule has 7 nitrogen and oxygen atoms in total. The number of hydrogen-bond acceptors (Lipinski definition) is 6. The lowest BCUT2D eigenvalue weighted by molar-refractivity contribution is -0.118. The second kappa shape index (κ2) is 9.89. The van der Waals surface area contributed by atoms with Crippen molar-refractivity contribution in [3.05, 3.63) is 79.3 Å². The van der Waals surface area contributed by atoms with Gasteiger partial charge in [-0.2, -0.15) is 0 Å². The number of anilines is 3. The third-order valence-corrected chi connectivity index (χ3v) is 3.81. The summed E-state index contributed by atoms with van der Waals surface area (Å²) >= 11 is 0. The molecule has 29 heavy (non-hydrogen) atoms. The maximum absolute atomic E-state index is 12.2. The van der Waals surface area contributed by atoms with E-state index in [0.29, 0.717) is 29.6 Å². The molecule has 2 N–H and O–H groups in total. The normalized spacial score (nSPS) is 10.1. The van der Waals surface area contributed by atoms with Gasteiger partial charge in [-0.1, -0.05) is 24.8 Å². The minimum Gasteiger partial charge on any atom is -0.486 e. The molecule has 0 aliphatic carbocycles. The molecule has 0 saturated heterocycles. The van der Waals surface area contributed by atoms with Crippen molar-refractivity contribution in [3.63, 3.8) is 0 Å². The van der Waals surface area contributed by atoms with Gasteiger partial charge in [0.2, 0.25) is 0 Å². The first-order valence-electron chi connectivity index (χ1n) is 9.05. The number of rotatable bonds is 9. The maximum Gasteiger partial charge on any atom is 0.262 e. The molecule has 0 atom stereocenters. The zero-order valence-electron chi connectivity index (χ0n) is 16.1. The second-order valence-electron chi connectivity index (χ2n) is 6.13. The Kier molecular flexibility index (Phi) is 6.78. The molecule has 0 bridgehead atoms. The largest absolute Gasteiger partial charge is 0.486 e. The molecule has 1 heterocycles. The quantitative estimate of drug-likeness (QED) is 0.535. The summed E-state index contributed by atoms with van der Waals surface area (Å²) in [5, 5.41) is 5.99. The van der Waals surface area contributed by atoms with E-state index in [1.807, 2.05) is 37.3 Å². The third kappa shape index (κ3) is 6.07. The predicted octanol–water partition coefficient (Wildman–Crippen LogP) is 4.11. The maximum atomic E-state index is 12.2. The van der Waals surface area contributed by atoms with Crippen LogP contribution in [0.3, 0.4) is 0 Å². The first kappa shape index (κ1) is 19.9. The number of aromatic nitrogens is 2. The van der Waals surface area contributed by atoms with Crippen LogP contribution in [-0.2, 0) is 4.79 Å². The summed E-state index contributed by atoms with van der Waals surface area (Å²) in [7, 11) is 0. The smallest absolute Gasteiger partial charge is 0.262 e. The number of nitrogens with zero attached hydrogens (tertiary/aromatic N) is 2. The summed E-state index contributed by atoms with van der Waals surface area (Å²) < 4.78 is 11.1. The van der Waals surface area contributed by atoms with Crippen molar-refractivity contribution < 1.29 is 14.3 Å². The Labute approximate surface area is 169 Å². The highest BCUT2D eigenvalue weighted by molar-refractivity contribution is 5.92. The van der Waals surface area contributed by atoms with Gasteiger partial charge in [0.1, 0.15) is 18.8 Å². The second-order valence-corrected chi connectivity index (χ2v) is 6.13. The Balaban J connectivity index is 1.53. The van der Waals surface area contributed by atoms with Gasteiger partial charge in [0, 0.05) is 23.1 Å². The fourth-order valence-corrected chi connectivity index (χ4v) is 2.49. The molecule has 3 aromatic rings. The predicted molar refractivity (Wildman–Crippen MR) is 113 cm³/mol. The van der Waals surface area contributed by atoms with Crippen molar-refractivity contribution in [2.24, 2.45) is 0 Å². The van der Waals surface area contributed by atoms with Crippen LogP contribution in [-0.4, -0.2) is 29.1 Å². The van der Waals surface area contributed by atoms with Gasteiger partial charge in [0.15, 0.2) is 18.1 Å². The number of ether oxygens (including phenoxy) is 2. The number of carbonyl (C=O) groups excluding carboxylic acids is 1. The summed E-state index contributed by atoms with van der Waals surface area (Å²) in [5.41, 5.74) is 2.40. The number of benzene rings is 2. The van der Waals surface area contributed by atoms with Gasteiger partial charge in [0.05, 0.1) is 0 Å². The third-order valence-electron chi connectivity index (χ3n) is 3.81. The topological polar surface area (TPSA) is 85.4 Å². The van der Waals surface area contributed by atoms with Gasteiger partial charge in [0.25, 0.3) is 5.91 Å². The number of para-hydroxylation sites is 2. The summed E-state index contributed by atoms with van der Waals surface area (Å²) in [6, 6.07) is 16.3. The standard InChI is InChI=1S/C22H22N4O3/c1-3-12-28-19-6-4-5-7-20(19)29-14-22(27)26-18-10-8-17(9-11-18)25-21-13-16(2)23-15-24-21/h3-11,13,15H,1,12,14H2,2H3,(H,26,27)(H,23,24,25). The van der Waals surface area contributed by atoms with Crippen molar-refractivity contribution in [3.8, 4) is 11.5 Å². The molecule has 1 amide bonds. The van der Waals surface area contributed by atoms with E-state index in [-0.39, 0.29) is 12.5 Å². The van der Waals surface area contributed by atoms with Gasteiger partial charge in [-0.3, -0.25) is 4.79 Å². The fourth-order valence-electron chi connectivity index (χ4n) is 2.49. The number of hydrogen-bond donors (Lipinski definition) is 2. The average Bonchev–Trinajstić information content (AvgIpc) is 2.73. The van der Waals surface area contributed by atoms with E-state index >= 15 is 0 Å². The first-order chi connectivity index (χ1) is 14.1. The average molecular weight is 390 g/mol. The zero-order chi connectivity index (χ0) is 20.5. The highest BCUT2D eigenvalue weighted by Gasteiger charge is 2.08. The van der Waals surface area contributed by atoms with Gasteiger partial charge in [-0.05, 0) is 43.3 Å². The Morgan fingerprint density at radius 3 is 2.41 bits per heavy atom. The molecule has 0 unspecified atom stereocenters. The molecule has 0 radical (unpaired) electrons. The molecule has 0 saturated carbocycles. The molecule has 148 valence electrons. The molecule has 0 aliphatic heterocycles. The molecule has 0 fully saturated rings. The van der Waals surface area contributed by atoms with Crippen LogP contribution in [0.1, 0.15) is 5.69 Å². The summed E-state index contributed by atoms with van der Waals surface area (Å²) in [6.07, 6.45) is 3.15. The summed E-state index contributed by atoms with van der Waals surface area (Å²) in [5.74, 6) is 1.51. The van der Waals surface area contributed by atoms with Gasteiger partial charge in [-0.25, -0.2) is 9.97 Å². The van der Waals surface area contributed by atoms with Crippen LogP contribution in [0.25, 0.3) is 0 Å². The molecule has 0 aliphatic rings. The van der Waals surface area contributed by atoms with Crippen molar-refractivity contribution in [1.29, 1.82) is 0 Å². The van der Waals surface area contributed by atoms with E-state index in [2.05, 4.69) is 27.2 Å². The fraction of sp³-hybridized carbons (Fsp3) is 0.136. The molecular formula is C22H22N4O3. The Morgan fingerprint density at radius 1 is 1.03 bits per heavy atom. The van der Waals surface area contributed by atoms with E-state index in [1.54, 1.807) is 30.3 Å². The molecule has 0 spiro atoms. The lowest BCUT2D eigenvalue weighted by atomic mass is 10.2. The Bertz CT molecular complexity index is 974. The van der Waals surface area contributed by atoms with E-state index in [9.17, 15) is 4.79 Å². The van der Waals surface area contributed by atoms with Gasteiger partial charge < -0.3 is 20.1 Å². The molecule has 3 rings (SSSR count). The molecule has 7 heteroatoms. The van der Waals surface area contributed by atoms with Crippen molar-refractivity contribution in [1.82, 2.24) is 9.97 Å². The monoisotopic (exact) mass is 390 g/mol. The molecule has 2 aromatic carbocycles. The Hall–Kier alpha value is -3.87. The van der Waals surface area contributed by atoms with Crippen LogP contribution in [0.4, 0.5) is 17.2 Å². The first-order valence-corrected chi connectivity index (χ1v) is 9.05.